The van der Waals surface area contributed by atoms with Gasteiger partial charge in [-0.05, 0) is 60.6 Å². The Labute approximate surface area is 200 Å². The lowest BCUT2D eigenvalue weighted by molar-refractivity contribution is -0.134. The summed E-state index contributed by atoms with van der Waals surface area (Å²) in [5.74, 6) is -2.51. The van der Waals surface area contributed by atoms with E-state index in [2.05, 4.69) is 40.1 Å². The van der Waals surface area contributed by atoms with Crippen molar-refractivity contribution in [2.75, 3.05) is 31.1 Å². The van der Waals surface area contributed by atoms with Crippen LogP contribution in [-0.2, 0) is 29.0 Å². The van der Waals surface area contributed by atoms with Gasteiger partial charge in [-0.3, -0.25) is 4.90 Å². The zero-order valence-corrected chi connectivity index (χ0v) is 19.5. The minimum atomic E-state index is -1.26. The monoisotopic (exact) mass is 470 g/mol. The van der Waals surface area contributed by atoms with Gasteiger partial charge in [-0.1, -0.05) is 42.3 Å². The molecule has 7 heteroatoms. The van der Waals surface area contributed by atoms with Crippen molar-refractivity contribution in [2.45, 2.75) is 38.6 Å². The topological polar surface area (TPSA) is 81.1 Å². The number of anilines is 1. The number of benzene rings is 2. The van der Waals surface area contributed by atoms with Crippen LogP contribution in [0.5, 0.6) is 0 Å². The number of carboxylic acid groups (broad SMARTS) is 2. The maximum absolute atomic E-state index is 9.55. The van der Waals surface area contributed by atoms with Gasteiger partial charge in [-0.25, -0.2) is 9.59 Å². The molecule has 2 aromatic rings. The molecule has 0 aromatic heterocycles. The van der Waals surface area contributed by atoms with E-state index in [1.165, 1.54) is 43.4 Å². The number of piperazine rings is 1. The molecule has 1 aliphatic carbocycles. The van der Waals surface area contributed by atoms with Gasteiger partial charge in [-0.2, -0.15) is 0 Å². The molecule has 1 aliphatic heterocycles. The predicted molar refractivity (Wildman–Crippen MR) is 131 cm³/mol. The normalized spacial score (nSPS) is 16.5. The predicted octanol–water partition coefficient (Wildman–Crippen LogP) is 4.64. The highest BCUT2D eigenvalue weighted by Gasteiger charge is 2.18. The number of nitrogens with zero attached hydrogens (tertiary/aromatic N) is 2. The van der Waals surface area contributed by atoms with Crippen molar-refractivity contribution in [3.8, 4) is 0 Å². The minimum Gasteiger partial charge on any atom is -0.478 e. The van der Waals surface area contributed by atoms with Crippen LogP contribution in [0.2, 0.25) is 5.02 Å². The summed E-state index contributed by atoms with van der Waals surface area (Å²) >= 11 is 6.13. The van der Waals surface area contributed by atoms with E-state index in [4.69, 9.17) is 21.8 Å². The Morgan fingerprint density at radius 3 is 2.15 bits per heavy atom. The lowest BCUT2D eigenvalue weighted by Crippen LogP contribution is -2.45. The lowest BCUT2D eigenvalue weighted by Gasteiger charge is -2.36. The molecule has 176 valence electrons. The first-order chi connectivity index (χ1) is 15.9. The number of carbonyl (C=O) groups is 2. The second kappa shape index (κ2) is 12.4. The number of hydrogen-bond acceptors (Lipinski definition) is 4. The van der Waals surface area contributed by atoms with Gasteiger partial charge in [0.1, 0.15) is 0 Å². The van der Waals surface area contributed by atoms with Crippen LogP contribution in [0.4, 0.5) is 5.69 Å². The molecule has 0 amide bonds. The van der Waals surface area contributed by atoms with E-state index < -0.39 is 11.9 Å². The quantitative estimate of drug-likeness (QED) is 0.489. The Bertz CT molecular complexity index is 968. The molecule has 1 fully saturated rings. The molecule has 33 heavy (non-hydrogen) atoms. The molecule has 0 radical (unpaired) electrons. The molecule has 0 unspecified atom stereocenters. The number of fused-ring (bicyclic) bond motifs is 1. The number of carboxylic acids is 2. The van der Waals surface area contributed by atoms with E-state index in [9.17, 15) is 9.59 Å². The van der Waals surface area contributed by atoms with Crippen LogP contribution in [-0.4, -0.2) is 53.2 Å². The van der Waals surface area contributed by atoms with E-state index in [1.54, 1.807) is 11.1 Å². The second-order valence-corrected chi connectivity index (χ2v) is 8.85. The minimum absolute atomic E-state index is 0.558. The van der Waals surface area contributed by atoms with E-state index >= 15 is 0 Å². The molecular weight excluding hydrogens is 440 g/mol. The van der Waals surface area contributed by atoms with Crippen molar-refractivity contribution in [3.05, 3.63) is 76.3 Å². The maximum Gasteiger partial charge on any atom is 0.328 e. The van der Waals surface area contributed by atoms with E-state index in [-0.39, 0.29) is 0 Å². The zero-order chi connectivity index (χ0) is 23.6. The summed E-state index contributed by atoms with van der Waals surface area (Å²) in [4.78, 5) is 24.1. The Kier molecular flexibility index (Phi) is 9.34. The summed E-state index contributed by atoms with van der Waals surface area (Å²) in [6.07, 6.45) is 7.76. The second-order valence-electron chi connectivity index (χ2n) is 8.42. The van der Waals surface area contributed by atoms with E-state index in [0.29, 0.717) is 12.2 Å². The van der Waals surface area contributed by atoms with Crippen LogP contribution in [0.15, 0.2) is 54.6 Å². The number of hydrogen-bond donors (Lipinski definition) is 2. The van der Waals surface area contributed by atoms with Gasteiger partial charge in [-0.15, -0.1) is 0 Å². The first kappa shape index (κ1) is 24.8. The average molecular weight is 471 g/mol. The van der Waals surface area contributed by atoms with Crippen molar-refractivity contribution in [2.24, 2.45) is 0 Å². The molecule has 6 nitrogen and oxygen atoms in total. The number of rotatable bonds is 5. The van der Waals surface area contributed by atoms with Crippen LogP contribution < -0.4 is 4.90 Å². The van der Waals surface area contributed by atoms with Crippen LogP contribution in [0, 0.1) is 0 Å². The van der Waals surface area contributed by atoms with Crippen LogP contribution >= 0.6 is 11.6 Å². The third-order valence-corrected chi connectivity index (χ3v) is 6.22. The fourth-order valence-electron chi connectivity index (χ4n) is 4.30. The number of halogens is 1. The summed E-state index contributed by atoms with van der Waals surface area (Å²) in [5, 5.41) is 16.4. The summed E-state index contributed by atoms with van der Waals surface area (Å²) < 4.78 is 0. The van der Waals surface area contributed by atoms with E-state index in [1.807, 2.05) is 12.1 Å². The van der Waals surface area contributed by atoms with Gasteiger partial charge in [0, 0.05) is 55.6 Å². The molecule has 4 rings (SSSR count). The first-order valence-corrected chi connectivity index (χ1v) is 11.8. The van der Waals surface area contributed by atoms with Crippen LogP contribution in [0.3, 0.4) is 0 Å². The van der Waals surface area contributed by atoms with Gasteiger partial charge in [0.05, 0.1) is 0 Å². The standard InChI is InChI=1S/C22H27ClN2.C4H4O4/c23-21-7-4-8-22(16-21)25-13-11-24(12-14-25)17-18-9-10-19-5-2-1-3-6-20(19)15-18;5-3(6)1-2-4(7)8/h4,7-10,15-16H,1-3,5-6,11-14,17H2;1-2H,(H,5,6)(H,7,8)/b;2-1-. The molecule has 1 heterocycles. The maximum atomic E-state index is 9.55. The van der Waals surface area contributed by atoms with Crippen molar-refractivity contribution in [1.82, 2.24) is 4.90 Å². The summed E-state index contributed by atoms with van der Waals surface area (Å²) in [5.41, 5.74) is 5.92. The fourth-order valence-corrected chi connectivity index (χ4v) is 4.48. The molecule has 0 atom stereocenters. The van der Waals surface area contributed by atoms with E-state index in [0.717, 1.165) is 37.7 Å². The Hall–Kier alpha value is -2.83. The van der Waals surface area contributed by atoms with Crippen molar-refractivity contribution in [3.63, 3.8) is 0 Å². The summed E-state index contributed by atoms with van der Waals surface area (Å²) in [7, 11) is 0. The number of aryl methyl sites for hydroxylation is 2. The van der Waals surface area contributed by atoms with Gasteiger partial charge >= 0.3 is 11.9 Å². The highest BCUT2D eigenvalue weighted by atomic mass is 35.5. The average Bonchev–Trinajstić information content (AvgIpc) is 3.04. The van der Waals surface area contributed by atoms with Gasteiger partial charge < -0.3 is 15.1 Å². The van der Waals surface area contributed by atoms with Crippen molar-refractivity contribution in [1.29, 1.82) is 0 Å². The molecular formula is C26H31ClN2O4. The SMILES string of the molecule is Clc1cccc(N2CCN(Cc3ccc4c(c3)CCCCC4)CC2)c1.O=C(O)/C=C\C(=O)O. The smallest absolute Gasteiger partial charge is 0.328 e. The highest BCUT2D eigenvalue weighted by Crippen LogP contribution is 2.24. The Balaban J connectivity index is 0.000000331. The largest absolute Gasteiger partial charge is 0.478 e. The first-order valence-electron chi connectivity index (χ1n) is 11.4. The summed E-state index contributed by atoms with van der Waals surface area (Å²) in [6.45, 7) is 5.46. The van der Waals surface area contributed by atoms with Gasteiger partial charge in [0.25, 0.3) is 0 Å². The molecule has 2 N–H and O–H groups in total. The third kappa shape index (κ3) is 8.22. The van der Waals surface area contributed by atoms with Crippen molar-refractivity contribution >= 4 is 29.2 Å². The Morgan fingerprint density at radius 1 is 0.848 bits per heavy atom. The lowest BCUT2D eigenvalue weighted by atomic mass is 10.00. The molecule has 2 aromatic carbocycles. The summed E-state index contributed by atoms with van der Waals surface area (Å²) in [6, 6.07) is 15.4. The molecule has 2 aliphatic rings. The van der Waals surface area contributed by atoms with Crippen LogP contribution in [0.25, 0.3) is 0 Å². The zero-order valence-electron chi connectivity index (χ0n) is 18.8. The number of aliphatic carboxylic acids is 2. The molecule has 0 spiro atoms. The fraction of sp³-hybridized carbons (Fsp3) is 0.385. The van der Waals surface area contributed by atoms with Gasteiger partial charge in [0.15, 0.2) is 0 Å². The molecule has 1 saturated heterocycles. The molecule has 0 saturated carbocycles. The molecule has 0 bridgehead atoms. The van der Waals surface area contributed by atoms with Crippen LogP contribution in [0.1, 0.15) is 36.0 Å². The third-order valence-electron chi connectivity index (χ3n) is 5.98. The Morgan fingerprint density at radius 2 is 1.52 bits per heavy atom. The van der Waals surface area contributed by atoms with Gasteiger partial charge in [0.2, 0.25) is 0 Å². The highest BCUT2D eigenvalue weighted by molar-refractivity contribution is 6.30. The van der Waals surface area contributed by atoms with Crippen molar-refractivity contribution < 1.29 is 19.8 Å².